The summed E-state index contributed by atoms with van der Waals surface area (Å²) in [6, 6.07) is 4.63. The molecule has 0 aromatic heterocycles. The second kappa shape index (κ2) is 5.45. The van der Waals surface area contributed by atoms with Crippen molar-refractivity contribution in [2.75, 3.05) is 6.61 Å². The van der Waals surface area contributed by atoms with Crippen LogP contribution in [0.5, 0.6) is 0 Å². The molecular weight excluding hydrogens is 217 g/mol. The van der Waals surface area contributed by atoms with E-state index in [9.17, 15) is 4.39 Å². The molecule has 1 aromatic carbocycles. The smallest absolute Gasteiger partial charge is 0.145 e. The molecule has 0 heterocycles. The molecule has 0 fully saturated rings. The van der Waals surface area contributed by atoms with E-state index in [2.05, 4.69) is 0 Å². The van der Waals surface area contributed by atoms with Gasteiger partial charge in [0.25, 0.3) is 0 Å². The van der Waals surface area contributed by atoms with Crippen molar-refractivity contribution in [2.24, 2.45) is 5.73 Å². The summed E-state index contributed by atoms with van der Waals surface area (Å²) in [5, 5.41) is 8.99. The van der Waals surface area contributed by atoms with Gasteiger partial charge in [-0.1, -0.05) is 23.7 Å². The molecular formula is C11H15ClFNO. The fraction of sp³-hybridized carbons (Fsp3) is 0.455. The molecule has 0 aliphatic rings. The summed E-state index contributed by atoms with van der Waals surface area (Å²) in [7, 11) is 0. The van der Waals surface area contributed by atoms with Gasteiger partial charge in [-0.25, -0.2) is 4.39 Å². The van der Waals surface area contributed by atoms with Crippen LogP contribution in [0.2, 0.25) is 5.02 Å². The van der Waals surface area contributed by atoms with E-state index < -0.39 is 5.82 Å². The van der Waals surface area contributed by atoms with Crippen LogP contribution >= 0.6 is 11.6 Å². The molecule has 0 bridgehead atoms. The Bertz CT molecular complexity index is 330. The third-order valence-corrected chi connectivity index (χ3v) is 2.75. The molecule has 0 saturated carbocycles. The maximum atomic E-state index is 13.7. The van der Waals surface area contributed by atoms with Gasteiger partial charge in [0, 0.05) is 18.6 Å². The molecule has 2 unspecified atom stereocenters. The molecule has 1 aromatic rings. The minimum absolute atomic E-state index is 0.0157. The molecule has 2 atom stereocenters. The Morgan fingerprint density at radius 1 is 1.53 bits per heavy atom. The van der Waals surface area contributed by atoms with Crippen LogP contribution in [0.15, 0.2) is 18.2 Å². The molecule has 15 heavy (non-hydrogen) atoms. The maximum Gasteiger partial charge on any atom is 0.145 e. The largest absolute Gasteiger partial charge is 0.396 e. The van der Waals surface area contributed by atoms with Crippen LogP contribution in [0, 0.1) is 5.82 Å². The number of aliphatic hydroxyl groups is 1. The monoisotopic (exact) mass is 231 g/mol. The predicted octanol–water partition coefficient (Wildman–Crippen LogP) is 2.29. The molecule has 84 valence electrons. The maximum absolute atomic E-state index is 13.7. The van der Waals surface area contributed by atoms with Crippen molar-refractivity contribution in [1.82, 2.24) is 0 Å². The fourth-order valence-corrected chi connectivity index (χ4v) is 1.83. The number of benzene rings is 1. The van der Waals surface area contributed by atoms with Gasteiger partial charge in [-0.15, -0.1) is 0 Å². The predicted molar refractivity (Wildman–Crippen MR) is 59.5 cm³/mol. The lowest BCUT2D eigenvalue weighted by Crippen LogP contribution is -2.26. The Balaban J connectivity index is 3.05. The zero-order valence-corrected chi connectivity index (χ0v) is 9.34. The number of aliphatic hydroxyl groups excluding tert-OH is 1. The van der Waals surface area contributed by atoms with E-state index in [-0.39, 0.29) is 23.6 Å². The first-order valence-corrected chi connectivity index (χ1v) is 5.26. The van der Waals surface area contributed by atoms with Crippen LogP contribution in [0.3, 0.4) is 0 Å². The molecule has 0 amide bonds. The summed E-state index contributed by atoms with van der Waals surface area (Å²) >= 11 is 5.68. The highest BCUT2D eigenvalue weighted by Gasteiger charge is 2.20. The van der Waals surface area contributed by atoms with E-state index in [0.717, 1.165) is 0 Å². The Labute approximate surface area is 93.9 Å². The number of hydrogen-bond donors (Lipinski definition) is 2. The fourth-order valence-electron chi connectivity index (χ4n) is 1.65. The topological polar surface area (TPSA) is 46.2 Å². The first-order valence-electron chi connectivity index (χ1n) is 4.88. The van der Waals surface area contributed by atoms with Crippen LogP contribution < -0.4 is 5.73 Å². The van der Waals surface area contributed by atoms with E-state index in [1.807, 2.05) is 0 Å². The second-order valence-corrected chi connectivity index (χ2v) is 4.03. The van der Waals surface area contributed by atoms with Crippen LogP contribution in [0.4, 0.5) is 4.39 Å². The summed E-state index contributed by atoms with van der Waals surface area (Å²) in [5.41, 5.74) is 6.23. The SMILES string of the molecule is CC(N)C(CCO)c1cccc(Cl)c1F. The minimum atomic E-state index is -0.435. The first-order chi connectivity index (χ1) is 7.07. The van der Waals surface area contributed by atoms with Gasteiger partial charge in [0.05, 0.1) is 5.02 Å². The Kier molecular flexibility index (Phi) is 4.51. The lowest BCUT2D eigenvalue weighted by molar-refractivity contribution is 0.267. The lowest BCUT2D eigenvalue weighted by Gasteiger charge is -2.21. The van der Waals surface area contributed by atoms with Gasteiger partial charge in [-0.05, 0) is 25.0 Å². The highest BCUT2D eigenvalue weighted by Crippen LogP contribution is 2.28. The van der Waals surface area contributed by atoms with E-state index in [1.165, 1.54) is 6.07 Å². The number of halogens is 2. The van der Waals surface area contributed by atoms with Crippen LogP contribution in [-0.2, 0) is 0 Å². The van der Waals surface area contributed by atoms with Gasteiger partial charge in [0.15, 0.2) is 0 Å². The summed E-state index contributed by atoms with van der Waals surface area (Å²) in [6.07, 6.45) is 0.439. The van der Waals surface area contributed by atoms with Crippen molar-refractivity contribution in [3.8, 4) is 0 Å². The number of nitrogens with two attached hydrogens (primary N) is 1. The highest BCUT2D eigenvalue weighted by molar-refractivity contribution is 6.30. The summed E-state index contributed by atoms with van der Waals surface area (Å²) in [4.78, 5) is 0. The summed E-state index contributed by atoms with van der Waals surface area (Å²) < 4.78 is 13.7. The lowest BCUT2D eigenvalue weighted by atomic mass is 9.90. The normalized spacial score (nSPS) is 15.0. The molecule has 1 rings (SSSR count). The van der Waals surface area contributed by atoms with E-state index >= 15 is 0 Å². The Morgan fingerprint density at radius 2 is 2.20 bits per heavy atom. The van der Waals surface area contributed by atoms with E-state index in [4.69, 9.17) is 22.4 Å². The zero-order valence-electron chi connectivity index (χ0n) is 8.58. The van der Waals surface area contributed by atoms with E-state index in [0.29, 0.717) is 12.0 Å². The average Bonchev–Trinajstić information content (AvgIpc) is 2.19. The second-order valence-electron chi connectivity index (χ2n) is 3.62. The minimum Gasteiger partial charge on any atom is -0.396 e. The molecule has 0 aliphatic carbocycles. The molecule has 2 nitrogen and oxygen atoms in total. The molecule has 0 radical (unpaired) electrons. The zero-order chi connectivity index (χ0) is 11.4. The van der Waals surface area contributed by atoms with Crippen LogP contribution in [-0.4, -0.2) is 17.8 Å². The van der Waals surface area contributed by atoms with Crippen molar-refractivity contribution in [1.29, 1.82) is 0 Å². The summed E-state index contributed by atoms with van der Waals surface area (Å²) in [5.74, 6) is -0.636. The van der Waals surface area contributed by atoms with Gasteiger partial charge < -0.3 is 10.8 Å². The number of hydrogen-bond acceptors (Lipinski definition) is 2. The van der Waals surface area contributed by atoms with Crippen LogP contribution in [0.1, 0.15) is 24.8 Å². The van der Waals surface area contributed by atoms with Gasteiger partial charge in [-0.3, -0.25) is 0 Å². The molecule has 0 spiro atoms. The Morgan fingerprint density at radius 3 is 2.73 bits per heavy atom. The van der Waals surface area contributed by atoms with Gasteiger partial charge in [-0.2, -0.15) is 0 Å². The quantitative estimate of drug-likeness (QED) is 0.835. The van der Waals surface area contributed by atoms with Crippen molar-refractivity contribution in [3.05, 3.63) is 34.6 Å². The molecule has 0 aliphatic heterocycles. The average molecular weight is 232 g/mol. The highest BCUT2D eigenvalue weighted by atomic mass is 35.5. The molecule has 3 N–H and O–H groups in total. The molecule has 0 saturated heterocycles. The number of rotatable bonds is 4. The van der Waals surface area contributed by atoms with Crippen molar-refractivity contribution >= 4 is 11.6 Å². The van der Waals surface area contributed by atoms with Gasteiger partial charge >= 0.3 is 0 Å². The third-order valence-electron chi connectivity index (χ3n) is 2.46. The first kappa shape index (κ1) is 12.4. The summed E-state index contributed by atoms with van der Waals surface area (Å²) in [6.45, 7) is 1.78. The van der Waals surface area contributed by atoms with Crippen molar-refractivity contribution < 1.29 is 9.50 Å². The standard InChI is InChI=1S/C11H15ClFNO/c1-7(14)8(5-6-15)9-3-2-4-10(12)11(9)13/h2-4,7-8,15H,5-6,14H2,1H3. The van der Waals surface area contributed by atoms with Gasteiger partial charge in [0.1, 0.15) is 5.82 Å². The van der Waals surface area contributed by atoms with Gasteiger partial charge in [0.2, 0.25) is 0 Å². The van der Waals surface area contributed by atoms with Crippen molar-refractivity contribution in [3.63, 3.8) is 0 Å². The van der Waals surface area contributed by atoms with Crippen molar-refractivity contribution in [2.45, 2.75) is 25.3 Å². The third kappa shape index (κ3) is 2.91. The van der Waals surface area contributed by atoms with E-state index in [1.54, 1.807) is 19.1 Å². The molecule has 4 heteroatoms. The Hall–Kier alpha value is -0.640. The van der Waals surface area contributed by atoms with Crippen LogP contribution in [0.25, 0.3) is 0 Å².